The smallest absolute Gasteiger partial charge is 0.240 e. The quantitative estimate of drug-likeness (QED) is 0.562. The van der Waals surface area contributed by atoms with Gasteiger partial charge in [-0.1, -0.05) is 91.0 Å². The second-order valence-corrected chi connectivity index (χ2v) is 9.20. The zero-order chi connectivity index (χ0) is 22.5. The van der Waals surface area contributed by atoms with Crippen LogP contribution < -0.4 is 0 Å². The zero-order valence-corrected chi connectivity index (χ0v) is 19.2. The van der Waals surface area contributed by atoms with Crippen LogP contribution in [0.25, 0.3) is 0 Å². The van der Waals surface area contributed by atoms with E-state index in [0.29, 0.717) is 5.91 Å². The molecule has 1 atom stereocenters. The minimum Gasteiger partial charge on any atom is -0.339 e. The van der Waals surface area contributed by atoms with Crippen molar-refractivity contribution in [2.24, 2.45) is 0 Å². The first kappa shape index (κ1) is 21.9. The first-order chi connectivity index (χ1) is 16.3. The van der Waals surface area contributed by atoms with Crippen LogP contribution in [0.5, 0.6) is 0 Å². The predicted molar refractivity (Wildman–Crippen MR) is 133 cm³/mol. The third-order valence-electron chi connectivity index (χ3n) is 7.10. The minimum atomic E-state index is 0.0239. The molecule has 0 unspecified atom stereocenters. The van der Waals surface area contributed by atoms with Gasteiger partial charge in [-0.15, -0.1) is 0 Å². The number of rotatable bonds is 6. The van der Waals surface area contributed by atoms with Crippen LogP contribution in [0.15, 0.2) is 91.0 Å². The highest BCUT2D eigenvalue weighted by atomic mass is 16.2. The summed E-state index contributed by atoms with van der Waals surface area (Å²) in [5, 5.41) is 0. The Kier molecular flexibility index (Phi) is 6.84. The fourth-order valence-electron chi connectivity index (χ4n) is 5.41. The van der Waals surface area contributed by atoms with E-state index in [0.717, 1.165) is 52.1 Å². The van der Waals surface area contributed by atoms with Gasteiger partial charge < -0.3 is 4.90 Å². The Labute approximate surface area is 197 Å². The van der Waals surface area contributed by atoms with Gasteiger partial charge in [0.25, 0.3) is 0 Å². The van der Waals surface area contributed by atoms with E-state index in [-0.39, 0.29) is 12.1 Å². The van der Waals surface area contributed by atoms with Crippen molar-refractivity contribution in [2.75, 3.05) is 32.7 Å². The van der Waals surface area contributed by atoms with Crippen molar-refractivity contribution in [3.63, 3.8) is 0 Å². The first-order valence-electron chi connectivity index (χ1n) is 12.2. The van der Waals surface area contributed by atoms with Crippen LogP contribution in [0, 0.1) is 0 Å². The van der Waals surface area contributed by atoms with Crippen LogP contribution in [-0.2, 0) is 11.3 Å². The monoisotopic (exact) mass is 439 g/mol. The summed E-state index contributed by atoms with van der Waals surface area (Å²) in [6, 6.07) is 32.3. The maximum Gasteiger partial charge on any atom is 0.240 e. The molecule has 1 amide bonds. The molecule has 0 saturated carbocycles. The third kappa shape index (κ3) is 5.02. The van der Waals surface area contributed by atoms with Crippen molar-refractivity contribution >= 4 is 5.91 Å². The van der Waals surface area contributed by atoms with Crippen molar-refractivity contribution in [3.05, 3.63) is 108 Å². The van der Waals surface area contributed by atoms with Gasteiger partial charge in [-0.2, -0.15) is 0 Å². The van der Waals surface area contributed by atoms with E-state index in [1.165, 1.54) is 16.7 Å². The van der Waals surface area contributed by atoms with Crippen molar-refractivity contribution in [1.82, 2.24) is 14.7 Å². The Morgan fingerprint density at radius 1 is 0.727 bits per heavy atom. The number of benzene rings is 3. The van der Waals surface area contributed by atoms with E-state index >= 15 is 0 Å². The summed E-state index contributed by atoms with van der Waals surface area (Å²) >= 11 is 0. The van der Waals surface area contributed by atoms with Crippen molar-refractivity contribution < 1.29 is 4.79 Å². The maximum atomic E-state index is 13.5. The highest BCUT2D eigenvalue weighted by Crippen LogP contribution is 2.30. The Hall–Kier alpha value is -2.95. The highest BCUT2D eigenvalue weighted by Gasteiger charge is 2.36. The molecule has 3 aromatic rings. The molecule has 4 heteroatoms. The molecule has 33 heavy (non-hydrogen) atoms. The maximum absolute atomic E-state index is 13.5. The Balaban J connectivity index is 1.25. The van der Waals surface area contributed by atoms with Crippen molar-refractivity contribution in [2.45, 2.75) is 31.5 Å². The molecule has 0 spiro atoms. The topological polar surface area (TPSA) is 26.8 Å². The standard InChI is InChI=1S/C29H33N3O/c33-29(27-17-10-18-32(27)23-24-11-4-1-5-12-24)31-21-19-30(20-22-31)28(25-13-6-2-7-14-25)26-15-8-3-9-16-26/h1-9,11-16,27-28H,10,17-23H2/t27-/m0/s1. The van der Waals surface area contributed by atoms with Gasteiger partial charge in [0.1, 0.15) is 0 Å². The van der Waals surface area contributed by atoms with Crippen LogP contribution >= 0.6 is 0 Å². The Morgan fingerprint density at radius 3 is 1.85 bits per heavy atom. The number of piperazine rings is 1. The van der Waals surface area contributed by atoms with Gasteiger partial charge in [-0.25, -0.2) is 0 Å². The van der Waals surface area contributed by atoms with E-state index in [2.05, 4.69) is 99.6 Å². The van der Waals surface area contributed by atoms with Gasteiger partial charge >= 0.3 is 0 Å². The Morgan fingerprint density at radius 2 is 1.27 bits per heavy atom. The predicted octanol–water partition coefficient (Wildman–Crippen LogP) is 4.58. The number of nitrogens with zero attached hydrogens (tertiary/aromatic N) is 3. The zero-order valence-electron chi connectivity index (χ0n) is 19.2. The minimum absolute atomic E-state index is 0.0239. The average Bonchev–Trinajstić information content (AvgIpc) is 3.34. The molecule has 5 rings (SSSR count). The van der Waals surface area contributed by atoms with Gasteiger partial charge in [-0.3, -0.25) is 14.6 Å². The number of likely N-dealkylation sites (tertiary alicyclic amines) is 1. The van der Waals surface area contributed by atoms with Gasteiger partial charge in [0.05, 0.1) is 12.1 Å². The van der Waals surface area contributed by atoms with E-state index < -0.39 is 0 Å². The van der Waals surface area contributed by atoms with Crippen LogP contribution in [0.3, 0.4) is 0 Å². The summed E-state index contributed by atoms with van der Waals surface area (Å²) in [7, 11) is 0. The molecular weight excluding hydrogens is 406 g/mol. The fourth-order valence-corrected chi connectivity index (χ4v) is 5.41. The molecule has 170 valence electrons. The van der Waals surface area contributed by atoms with E-state index in [9.17, 15) is 4.79 Å². The molecule has 2 saturated heterocycles. The second kappa shape index (κ2) is 10.3. The largest absolute Gasteiger partial charge is 0.339 e. The van der Waals surface area contributed by atoms with Gasteiger partial charge in [0.2, 0.25) is 5.91 Å². The molecule has 0 radical (unpaired) electrons. The number of hydrogen-bond donors (Lipinski definition) is 0. The van der Waals surface area contributed by atoms with Gasteiger partial charge in [0, 0.05) is 32.7 Å². The third-order valence-corrected chi connectivity index (χ3v) is 7.10. The van der Waals surface area contributed by atoms with Crippen LogP contribution in [-0.4, -0.2) is 59.4 Å². The molecule has 4 nitrogen and oxygen atoms in total. The SMILES string of the molecule is O=C([C@@H]1CCCN1Cc1ccccc1)N1CCN(C(c2ccccc2)c2ccccc2)CC1. The Bertz CT molecular complexity index is 977. The van der Waals surface area contributed by atoms with E-state index in [4.69, 9.17) is 0 Å². The molecule has 0 N–H and O–H groups in total. The lowest BCUT2D eigenvalue weighted by Gasteiger charge is -2.41. The summed E-state index contributed by atoms with van der Waals surface area (Å²) in [6.07, 6.45) is 2.08. The number of hydrogen-bond acceptors (Lipinski definition) is 3. The van der Waals surface area contributed by atoms with E-state index in [1.54, 1.807) is 0 Å². The number of amides is 1. The fraction of sp³-hybridized carbons (Fsp3) is 0.345. The van der Waals surface area contributed by atoms with Crippen molar-refractivity contribution in [1.29, 1.82) is 0 Å². The number of carbonyl (C=O) groups is 1. The molecule has 3 aromatic carbocycles. The van der Waals surface area contributed by atoms with Gasteiger partial charge in [-0.05, 0) is 36.1 Å². The molecular formula is C29H33N3O. The van der Waals surface area contributed by atoms with E-state index in [1.807, 2.05) is 6.07 Å². The molecule has 0 aliphatic carbocycles. The molecule has 2 aliphatic rings. The lowest BCUT2D eigenvalue weighted by Crippen LogP contribution is -2.54. The summed E-state index contributed by atoms with van der Waals surface area (Å²) in [5.41, 5.74) is 3.91. The van der Waals surface area contributed by atoms with Crippen LogP contribution in [0.2, 0.25) is 0 Å². The lowest BCUT2D eigenvalue weighted by atomic mass is 9.96. The van der Waals surface area contributed by atoms with Crippen LogP contribution in [0.1, 0.15) is 35.6 Å². The lowest BCUT2D eigenvalue weighted by molar-refractivity contribution is -0.138. The highest BCUT2D eigenvalue weighted by molar-refractivity contribution is 5.82. The normalized spacial score (nSPS) is 19.8. The summed E-state index contributed by atoms with van der Waals surface area (Å²) in [5.74, 6) is 0.319. The summed E-state index contributed by atoms with van der Waals surface area (Å²) in [6.45, 7) is 5.25. The second-order valence-electron chi connectivity index (χ2n) is 9.20. The van der Waals surface area contributed by atoms with Crippen LogP contribution in [0.4, 0.5) is 0 Å². The molecule has 2 heterocycles. The number of carbonyl (C=O) groups excluding carboxylic acids is 1. The summed E-state index contributed by atoms with van der Waals surface area (Å²) in [4.78, 5) is 20.5. The molecule has 0 aromatic heterocycles. The first-order valence-corrected chi connectivity index (χ1v) is 12.2. The summed E-state index contributed by atoms with van der Waals surface area (Å²) < 4.78 is 0. The average molecular weight is 440 g/mol. The molecule has 2 fully saturated rings. The van der Waals surface area contributed by atoms with Gasteiger partial charge in [0.15, 0.2) is 0 Å². The molecule has 0 bridgehead atoms. The molecule has 2 aliphatic heterocycles. The van der Waals surface area contributed by atoms with Crippen molar-refractivity contribution in [3.8, 4) is 0 Å².